The lowest BCUT2D eigenvalue weighted by Gasteiger charge is -2.32. The zero-order valence-corrected chi connectivity index (χ0v) is 22.7. The number of amides is 1. The van der Waals surface area contributed by atoms with Gasteiger partial charge in [0.15, 0.2) is 23.1 Å². The molecule has 39 heavy (non-hydrogen) atoms. The highest BCUT2D eigenvalue weighted by Gasteiger charge is 2.41. The van der Waals surface area contributed by atoms with Gasteiger partial charge in [0.25, 0.3) is 5.91 Å². The van der Waals surface area contributed by atoms with Gasteiger partial charge in [0.2, 0.25) is 6.79 Å². The molecule has 0 bridgehead atoms. The third-order valence-corrected chi connectivity index (χ3v) is 5.98. The van der Waals surface area contributed by atoms with E-state index in [0.29, 0.717) is 5.57 Å². The summed E-state index contributed by atoms with van der Waals surface area (Å²) in [6.45, 7) is 9.82. The number of ether oxygens (including phenoxy) is 3. The number of carbonyl (C=O) groups is 5. The van der Waals surface area contributed by atoms with E-state index >= 15 is 0 Å². The number of carbonyl (C=O) groups excluding carboxylic acids is 5. The molecule has 1 aliphatic carbocycles. The molecule has 1 aliphatic heterocycles. The molecular formula is C29H29NO9. The van der Waals surface area contributed by atoms with E-state index in [1.165, 1.54) is 65.8 Å². The Morgan fingerprint density at radius 3 is 2.23 bits per heavy atom. The summed E-state index contributed by atoms with van der Waals surface area (Å²) in [5.41, 5.74) is 0.805. The summed E-state index contributed by atoms with van der Waals surface area (Å²) in [5.74, 6) is -2.69. The topological polar surface area (TPSA) is 145 Å². The van der Waals surface area contributed by atoms with Crippen molar-refractivity contribution >= 4 is 40.5 Å². The molecule has 0 saturated heterocycles. The third-order valence-electron chi connectivity index (χ3n) is 5.98. The van der Waals surface area contributed by atoms with Crippen LogP contribution in [0.2, 0.25) is 0 Å². The molecule has 2 N–H and O–H groups in total. The van der Waals surface area contributed by atoms with Crippen LogP contribution in [-0.2, 0) is 28.7 Å². The maximum Gasteiger partial charge on any atom is 0.308 e. The molecule has 0 saturated carbocycles. The van der Waals surface area contributed by atoms with Crippen molar-refractivity contribution < 1.29 is 43.3 Å². The largest absolute Gasteiger partial charge is 0.505 e. The van der Waals surface area contributed by atoms with E-state index < -0.39 is 23.4 Å². The monoisotopic (exact) mass is 535 g/mol. The third kappa shape index (κ3) is 5.74. The van der Waals surface area contributed by atoms with Gasteiger partial charge in [-0.1, -0.05) is 12.2 Å². The molecule has 0 atom stereocenters. The van der Waals surface area contributed by atoms with Crippen molar-refractivity contribution in [1.82, 2.24) is 0 Å². The van der Waals surface area contributed by atoms with Crippen molar-refractivity contribution in [3.05, 3.63) is 69.2 Å². The average molecular weight is 536 g/mol. The van der Waals surface area contributed by atoms with Crippen molar-refractivity contribution in [1.29, 1.82) is 0 Å². The van der Waals surface area contributed by atoms with Crippen LogP contribution in [0.4, 0.5) is 5.69 Å². The second kappa shape index (κ2) is 11.3. The van der Waals surface area contributed by atoms with E-state index in [4.69, 9.17) is 14.2 Å². The normalized spacial score (nSPS) is 15.4. The van der Waals surface area contributed by atoms with Gasteiger partial charge in [-0.3, -0.25) is 24.0 Å². The van der Waals surface area contributed by atoms with Crippen LogP contribution in [-0.4, -0.2) is 41.1 Å². The minimum atomic E-state index is -0.718. The number of hydrogen-bond acceptors (Lipinski definition) is 9. The lowest BCUT2D eigenvalue weighted by atomic mass is 9.81. The first-order chi connectivity index (χ1) is 18.3. The van der Waals surface area contributed by atoms with Crippen molar-refractivity contribution in [3.8, 4) is 11.5 Å². The van der Waals surface area contributed by atoms with E-state index in [9.17, 15) is 29.1 Å². The van der Waals surface area contributed by atoms with E-state index in [1.807, 2.05) is 0 Å². The molecule has 10 heteroatoms. The maximum absolute atomic E-state index is 13.5. The van der Waals surface area contributed by atoms with Crippen LogP contribution in [0.25, 0.3) is 5.57 Å². The number of phenols is 1. The van der Waals surface area contributed by atoms with E-state index in [2.05, 4.69) is 5.32 Å². The lowest BCUT2D eigenvalue weighted by Crippen LogP contribution is -2.25. The lowest BCUT2D eigenvalue weighted by molar-refractivity contribution is -0.132. The number of phenolic OH excluding ortho intramolecular Hbond substituents is 1. The summed E-state index contributed by atoms with van der Waals surface area (Å²) in [5, 5.41) is 13.9. The number of esters is 1. The van der Waals surface area contributed by atoms with Crippen LogP contribution in [0, 0.1) is 6.92 Å². The smallest absolute Gasteiger partial charge is 0.308 e. The minimum Gasteiger partial charge on any atom is -0.505 e. The van der Waals surface area contributed by atoms with Gasteiger partial charge in [-0.15, -0.1) is 0 Å². The first-order valence-electron chi connectivity index (χ1n) is 12.0. The number of ketones is 3. The second-order valence-electron chi connectivity index (χ2n) is 9.13. The SMILES string of the molecule is CC(=O)C=CC=C(C)C(=O)Nc1c(C)c(OC(C)=O)c2c(c1O)C(=O)C(C)=C1OCOC(C(C)=CC(C)=O)=C12. The Balaban J connectivity index is 2.35. The van der Waals surface area contributed by atoms with Crippen molar-refractivity contribution in [2.75, 3.05) is 12.1 Å². The Bertz CT molecular complexity index is 1480. The fourth-order valence-corrected chi connectivity index (χ4v) is 4.22. The number of allylic oxidation sites excluding steroid dienone is 7. The number of hydrogen-bond donors (Lipinski definition) is 2. The second-order valence-corrected chi connectivity index (χ2v) is 9.13. The number of anilines is 1. The Labute approximate surface area is 225 Å². The minimum absolute atomic E-state index is 0.0338. The highest BCUT2D eigenvalue weighted by Crippen LogP contribution is 2.52. The molecule has 1 aromatic carbocycles. The van der Waals surface area contributed by atoms with Crippen LogP contribution in [0.15, 0.2) is 52.5 Å². The number of benzene rings is 1. The zero-order chi connectivity index (χ0) is 29.2. The maximum atomic E-state index is 13.5. The Kier molecular flexibility index (Phi) is 8.39. The number of rotatable bonds is 7. The number of aromatic hydroxyl groups is 1. The molecule has 0 fully saturated rings. The van der Waals surface area contributed by atoms with Crippen molar-refractivity contribution in [2.24, 2.45) is 0 Å². The Morgan fingerprint density at radius 2 is 1.64 bits per heavy atom. The molecule has 0 aromatic heterocycles. The summed E-state index contributed by atoms with van der Waals surface area (Å²) < 4.78 is 16.9. The molecule has 204 valence electrons. The summed E-state index contributed by atoms with van der Waals surface area (Å²) in [6, 6.07) is 0. The fraction of sp³-hybridized carbons (Fsp3) is 0.276. The Morgan fingerprint density at radius 1 is 0.974 bits per heavy atom. The van der Waals surface area contributed by atoms with Gasteiger partial charge in [0.1, 0.15) is 17.3 Å². The van der Waals surface area contributed by atoms with Crippen LogP contribution in [0.5, 0.6) is 11.5 Å². The van der Waals surface area contributed by atoms with Crippen LogP contribution < -0.4 is 10.1 Å². The molecule has 3 rings (SSSR count). The van der Waals surface area contributed by atoms with Gasteiger partial charge in [0, 0.05) is 29.2 Å². The average Bonchev–Trinajstić information content (AvgIpc) is 2.85. The predicted octanol–water partition coefficient (Wildman–Crippen LogP) is 4.38. The molecule has 0 radical (unpaired) electrons. The number of nitrogens with one attached hydrogen (secondary N) is 1. The molecule has 1 aromatic rings. The molecular weight excluding hydrogens is 506 g/mol. The van der Waals surface area contributed by atoms with Crippen LogP contribution in [0.3, 0.4) is 0 Å². The van der Waals surface area contributed by atoms with Crippen molar-refractivity contribution in [2.45, 2.75) is 48.5 Å². The van der Waals surface area contributed by atoms with Crippen LogP contribution >= 0.6 is 0 Å². The van der Waals surface area contributed by atoms with Gasteiger partial charge in [-0.05, 0) is 59.3 Å². The fourth-order valence-electron chi connectivity index (χ4n) is 4.22. The van der Waals surface area contributed by atoms with E-state index in [0.717, 1.165) is 0 Å². The summed E-state index contributed by atoms with van der Waals surface area (Å²) >= 11 is 0. The quantitative estimate of drug-likeness (QED) is 0.171. The first-order valence-corrected chi connectivity index (χ1v) is 12.0. The van der Waals surface area contributed by atoms with Gasteiger partial charge in [-0.25, -0.2) is 0 Å². The van der Waals surface area contributed by atoms with E-state index in [1.54, 1.807) is 6.92 Å². The molecule has 1 amide bonds. The van der Waals surface area contributed by atoms with Crippen molar-refractivity contribution in [3.63, 3.8) is 0 Å². The number of Topliss-reactive ketones (excluding diaryl/α,β-unsaturated/α-hetero) is 1. The molecule has 10 nitrogen and oxygen atoms in total. The van der Waals surface area contributed by atoms with Gasteiger partial charge < -0.3 is 24.6 Å². The highest BCUT2D eigenvalue weighted by atomic mass is 16.7. The molecule has 1 heterocycles. The zero-order valence-electron chi connectivity index (χ0n) is 22.7. The molecule has 2 aliphatic rings. The molecule has 0 spiro atoms. The first kappa shape index (κ1) is 28.8. The van der Waals surface area contributed by atoms with Gasteiger partial charge in [0.05, 0.1) is 16.8 Å². The standard InChI is InChI=1S/C29H29NO9/c1-13(9-8-10-15(3)31)29(36)30-23-17(5)28(39-19(7)33)20-21(25(23)35)24(34)18(6)27-22(20)26(37-12-38-27)14(2)11-16(4)32/h8-11,35H,12H2,1-7H3,(H,30,36). The summed E-state index contributed by atoms with van der Waals surface area (Å²) in [7, 11) is 0. The van der Waals surface area contributed by atoms with E-state index in [-0.39, 0.29) is 74.7 Å². The van der Waals surface area contributed by atoms with Gasteiger partial charge in [-0.2, -0.15) is 0 Å². The molecule has 0 unspecified atom stereocenters. The highest BCUT2D eigenvalue weighted by molar-refractivity contribution is 6.21. The summed E-state index contributed by atoms with van der Waals surface area (Å²) in [4.78, 5) is 61.6. The summed E-state index contributed by atoms with van der Waals surface area (Å²) in [6.07, 6.45) is 5.45. The van der Waals surface area contributed by atoms with Gasteiger partial charge >= 0.3 is 5.97 Å². The van der Waals surface area contributed by atoms with Crippen LogP contribution in [0.1, 0.15) is 63.0 Å². The Hall–Kier alpha value is -4.73. The predicted molar refractivity (Wildman–Crippen MR) is 142 cm³/mol. The number of fused-ring (bicyclic) bond motifs is 3.